The number of methoxy groups -OCH3 is 1. The summed E-state index contributed by atoms with van der Waals surface area (Å²) in [4.78, 5) is 5.90. The zero-order valence-electron chi connectivity index (χ0n) is 16.1. The van der Waals surface area contributed by atoms with Gasteiger partial charge in [0.25, 0.3) is 0 Å². The molecule has 0 amide bonds. The normalized spacial score (nSPS) is 11.3. The van der Waals surface area contributed by atoms with E-state index in [0.29, 0.717) is 31.4 Å². The molecule has 2 aromatic heterocycles. The van der Waals surface area contributed by atoms with E-state index in [1.165, 1.54) is 4.88 Å². The lowest BCUT2D eigenvalue weighted by Crippen LogP contribution is -2.32. The number of anilines is 1. The molecule has 0 atom stereocenters. The number of aliphatic imine (C=N–C) groups is 1. The van der Waals surface area contributed by atoms with E-state index in [1.807, 2.05) is 43.3 Å². The van der Waals surface area contributed by atoms with Crippen LogP contribution in [0.3, 0.4) is 0 Å². The van der Waals surface area contributed by atoms with E-state index in [-0.39, 0.29) is 0 Å². The van der Waals surface area contributed by atoms with Crippen LogP contribution >= 0.6 is 11.3 Å². The molecule has 0 bridgehead atoms. The summed E-state index contributed by atoms with van der Waals surface area (Å²) in [6, 6.07) is 13.7. The number of benzene rings is 1. The topological polar surface area (TPSA) is 68.0 Å². The van der Waals surface area contributed by atoms with Crippen LogP contribution in [0.2, 0.25) is 0 Å². The minimum absolute atomic E-state index is 0.588. The summed E-state index contributed by atoms with van der Waals surface area (Å²) in [5, 5.41) is 8.76. The van der Waals surface area contributed by atoms with Crippen molar-refractivity contribution in [1.82, 2.24) is 5.32 Å². The zero-order chi connectivity index (χ0) is 19.6. The molecule has 0 fully saturated rings. The van der Waals surface area contributed by atoms with Crippen molar-refractivity contribution in [2.45, 2.75) is 19.9 Å². The maximum Gasteiger partial charge on any atom is 0.196 e. The molecule has 0 spiro atoms. The lowest BCUT2D eigenvalue weighted by Gasteiger charge is -2.15. The first-order valence-electron chi connectivity index (χ1n) is 9.19. The van der Waals surface area contributed by atoms with Crippen molar-refractivity contribution >= 4 is 23.0 Å². The van der Waals surface area contributed by atoms with E-state index in [2.05, 4.69) is 22.1 Å². The Balaban J connectivity index is 1.69. The minimum Gasteiger partial charge on any atom is -0.493 e. The summed E-state index contributed by atoms with van der Waals surface area (Å²) in [5.74, 6) is 3.04. The second-order valence-corrected chi connectivity index (χ2v) is 6.96. The van der Waals surface area contributed by atoms with Crippen LogP contribution in [-0.2, 0) is 13.0 Å². The third-order valence-corrected chi connectivity index (χ3v) is 4.80. The van der Waals surface area contributed by atoms with Crippen molar-refractivity contribution in [2.75, 3.05) is 25.6 Å². The molecule has 0 unspecified atom stereocenters. The molecule has 3 aromatic rings. The molecule has 2 heterocycles. The molecule has 148 valence electrons. The van der Waals surface area contributed by atoms with Gasteiger partial charge in [0.1, 0.15) is 5.76 Å². The molecule has 0 radical (unpaired) electrons. The number of thiophene rings is 1. The first kappa shape index (κ1) is 19.8. The third-order valence-electron chi connectivity index (χ3n) is 3.94. The SMILES string of the molecule is CCOc1ccc(NC(=NCc2cccs2)NCCc2ccco2)cc1OC. The standard InChI is InChI=1S/C21H25N3O3S/c1-3-26-19-9-8-16(14-20(19)25-2)24-21(23-15-18-7-5-13-28-18)22-11-10-17-6-4-12-27-17/h4-9,12-14H,3,10-11,15H2,1-2H3,(H2,22,23,24). The highest BCUT2D eigenvalue weighted by Crippen LogP contribution is 2.30. The number of furan rings is 1. The van der Waals surface area contributed by atoms with Crippen LogP contribution in [0, 0.1) is 0 Å². The predicted molar refractivity (Wildman–Crippen MR) is 114 cm³/mol. The highest BCUT2D eigenvalue weighted by atomic mass is 32.1. The van der Waals surface area contributed by atoms with Gasteiger partial charge in [-0.05, 0) is 42.6 Å². The van der Waals surface area contributed by atoms with Crippen LogP contribution in [0.5, 0.6) is 11.5 Å². The largest absolute Gasteiger partial charge is 0.493 e. The van der Waals surface area contributed by atoms with Crippen LogP contribution in [0.25, 0.3) is 0 Å². The van der Waals surface area contributed by atoms with E-state index >= 15 is 0 Å². The van der Waals surface area contributed by atoms with E-state index in [9.17, 15) is 0 Å². The second kappa shape index (κ2) is 10.4. The van der Waals surface area contributed by atoms with Crippen LogP contribution in [0.1, 0.15) is 17.6 Å². The van der Waals surface area contributed by atoms with E-state index in [0.717, 1.165) is 23.6 Å². The van der Waals surface area contributed by atoms with E-state index in [4.69, 9.17) is 18.9 Å². The lowest BCUT2D eigenvalue weighted by atomic mass is 10.2. The van der Waals surface area contributed by atoms with Gasteiger partial charge in [0, 0.05) is 29.6 Å². The average Bonchev–Trinajstić information content (AvgIpc) is 3.41. The van der Waals surface area contributed by atoms with Gasteiger partial charge in [-0.25, -0.2) is 4.99 Å². The molecule has 0 aliphatic carbocycles. The molecular formula is C21H25N3O3S. The quantitative estimate of drug-likeness (QED) is 0.408. The Labute approximate surface area is 169 Å². The smallest absolute Gasteiger partial charge is 0.196 e. The zero-order valence-corrected chi connectivity index (χ0v) is 16.9. The van der Waals surface area contributed by atoms with Gasteiger partial charge >= 0.3 is 0 Å². The van der Waals surface area contributed by atoms with Crippen molar-refractivity contribution in [3.05, 3.63) is 64.7 Å². The number of nitrogens with zero attached hydrogens (tertiary/aromatic N) is 1. The molecule has 2 N–H and O–H groups in total. The molecule has 1 aromatic carbocycles. The Morgan fingerprint density at radius 1 is 1.18 bits per heavy atom. The first-order valence-corrected chi connectivity index (χ1v) is 10.1. The number of hydrogen-bond donors (Lipinski definition) is 2. The highest BCUT2D eigenvalue weighted by molar-refractivity contribution is 7.09. The lowest BCUT2D eigenvalue weighted by molar-refractivity contribution is 0.311. The molecule has 0 saturated heterocycles. The van der Waals surface area contributed by atoms with Gasteiger partial charge in [-0.3, -0.25) is 0 Å². The van der Waals surface area contributed by atoms with Crippen molar-refractivity contribution < 1.29 is 13.9 Å². The van der Waals surface area contributed by atoms with Gasteiger partial charge < -0.3 is 24.5 Å². The average molecular weight is 400 g/mol. The molecule has 0 aliphatic rings. The predicted octanol–water partition coefficient (Wildman–Crippen LogP) is 4.55. The monoisotopic (exact) mass is 399 g/mol. The first-order chi connectivity index (χ1) is 13.8. The van der Waals surface area contributed by atoms with E-state index in [1.54, 1.807) is 24.7 Å². The van der Waals surface area contributed by atoms with Crippen molar-refractivity contribution in [3.63, 3.8) is 0 Å². The Hall–Kier alpha value is -2.93. The number of ether oxygens (including phenoxy) is 2. The number of hydrogen-bond acceptors (Lipinski definition) is 5. The summed E-state index contributed by atoms with van der Waals surface area (Å²) in [5.41, 5.74) is 0.871. The molecule has 0 aliphatic heterocycles. The molecule has 6 nitrogen and oxygen atoms in total. The fourth-order valence-electron chi connectivity index (χ4n) is 2.61. The van der Waals surface area contributed by atoms with Crippen LogP contribution in [0.4, 0.5) is 5.69 Å². The van der Waals surface area contributed by atoms with Gasteiger partial charge in [0.05, 0.1) is 26.5 Å². The van der Waals surface area contributed by atoms with Crippen molar-refractivity contribution in [1.29, 1.82) is 0 Å². The number of guanidine groups is 1. The summed E-state index contributed by atoms with van der Waals surface area (Å²) in [6.45, 7) is 3.86. The number of rotatable bonds is 9. The molecule has 7 heteroatoms. The maximum atomic E-state index is 5.58. The Morgan fingerprint density at radius 2 is 2.11 bits per heavy atom. The Morgan fingerprint density at radius 3 is 2.82 bits per heavy atom. The summed E-state index contributed by atoms with van der Waals surface area (Å²) in [6.07, 6.45) is 2.46. The van der Waals surface area contributed by atoms with Gasteiger partial charge in [-0.1, -0.05) is 6.07 Å². The maximum absolute atomic E-state index is 5.58. The summed E-state index contributed by atoms with van der Waals surface area (Å²) >= 11 is 1.69. The van der Waals surface area contributed by atoms with Gasteiger partial charge in [0.2, 0.25) is 0 Å². The highest BCUT2D eigenvalue weighted by Gasteiger charge is 2.08. The fourth-order valence-corrected chi connectivity index (χ4v) is 3.24. The summed E-state index contributed by atoms with van der Waals surface area (Å²) in [7, 11) is 1.63. The van der Waals surface area contributed by atoms with Gasteiger partial charge in [-0.2, -0.15) is 0 Å². The van der Waals surface area contributed by atoms with Crippen molar-refractivity contribution in [3.8, 4) is 11.5 Å². The van der Waals surface area contributed by atoms with Crippen LogP contribution < -0.4 is 20.1 Å². The van der Waals surface area contributed by atoms with Crippen LogP contribution in [-0.4, -0.2) is 26.2 Å². The van der Waals surface area contributed by atoms with Gasteiger partial charge in [0.15, 0.2) is 17.5 Å². The Kier molecular flexibility index (Phi) is 7.37. The molecule has 28 heavy (non-hydrogen) atoms. The van der Waals surface area contributed by atoms with Crippen molar-refractivity contribution in [2.24, 2.45) is 4.99 Å². The molecule has 3 rings (SSSR count). The molecule has 0 saturated carbocycles. The minimum atomic E-state index is 0.588. The fraction of sp³-hybridized carbons (Fsp3) is 0.286. The molecular weight excluding hydrogens is 374 g/mol. The summed E-state index contributed by atoms with van der Waals surface area (Å²) < 4.78 is 16.4. The van der Waals surface area contributed by atoms with Crippen LogP contribution in [0.15, 0.2) is 63.5 Å². The second-order valence-electron chi connectivity index (χ2n) is 5.92. The Bertz CT molecular complexity index is 861. The van der Waals surface area contributed by atoms with E-state index < -0.39 is 0 Å². The third kappa shape index (κ3) is 5.79. The van der Waals surface area contributed by atoms with Gasteiger partial charge in [-0.15, -0.1) is 11.3 Å². The number of nitrogens with one attached hydrogen (secondary N) is 2.